The van der Waals surface area contributed by atoms with Gasteiger partial charge in [-0.05, 0) is 18.2 Å². The minimum Gasteiger partial charge on any atom is -0.478 e. The van der Waals surface area contributed by atoms with Crippen LogP contribution in [0.5, 0.6) is 0 Å². The maximum Gasteiger partial charge on any atom is 0.416 e. The van der Waals surface area contributed by atoms with E-state index in [0.717, 1.165) is 12.1 Å². The number of rotatable bonds is 4. The van der Waals surface area contributed by atoms with E-state index < -0.39 is 23.3 Å². The average molecular weight is 305 g/mol. The van der Waals surface area contributed by atoms with Crippen LogP contribution in [-0.2, 0) is 15.7 Å². The summed E-state index contributed by atoms with van der Waals surface area (Å²) >= 11 is 0. The molecule has 0 amide bonds. The second-order valence-electron chi connectivity index (χ2n) is 4.51. The van der Waals surface area contributed by atoms with Gasteiger partial charge in [0, 0.05) is 12.2 Å². The number of carbonyl (C=O) groups is 1. The molecule has 116 valence electrons. The van der Waals surface area contributed by atoms with Gasteiger partial charge in [-0.15, -0.1) is 0 Å². The van der Waals surface area contributed by atoms with E-state index in [1.807, 2.05) is 0 Å². The summed E-state index contributed by atoms with van der Waals surface area (Å²) in [5, 5.41) is 11.8. The van der Waals surface area contributed by atoms with Gasteiger partial charge in [-0.2, -0.15) is 13.2 Å². The molecule has 0 aliphatic carbocycles. The topological polar surface area (TPSA) is 67.8 Å². The van der Waals surface area contributed by atoms with Crippen LogP contribution in [-0.4, -0.2) is 43.5 Å². The summed E-state index contributed by atoms with van der Waals surface area (Å²) in [6, 6.07) is 2.56. The maximum absolute atomic E-state index is 12.6. The van der Waals surface area contributed by atoms with Gasteiger partial charge in [0.1, 0.15) is 0 Å². The summed E-state index contributed by atoms with van der Waals surface area (Å²) in [6.07, 6.45) is -4.84. The van der Waals surface area contributed by atoms with Crippen molar-refractivity contribution in [1.29, 1.82) is 0 Å². The molecule has 21 heavy (non-hydrogen) atoms. The number of anilines is 1. The third-order valence-corrected chi connectivity index (χ3v) is 2.98. The molecule has 0 radical (unpaired) electrons. The summed E-state index contributed by atoms with van der Waals surface area (Å²) in [4.78, 5) is 11.1. The van der Waals surface area contributed by atoms with Crippen LogP contribution < -0.4 is 5.32 Å². The Morgan fingerprint density at radius 3 is 2.71 bits per heavy atom. The van der Waals surface area contributed by atoms with E-state index in [1.54, 1.807) is 0 Å². The van der Waals surface area contributed by atoms with Crippen molar-refractivity contribution in [2.75, 3.05) is 31.7 Å². The average Bonchev–Trinajstić information content (AvgIpc) is 2.45. The van der Waals surface area contributed by atoms with Crippen LogP contribution in [0.25, 0.3) is 0 Å². The molecule has 1 aliphatic heterocycles. The Bertz CT molecular complexity index is 513. The van der Waals surface area contributed by atoms with Crippen LogP contribution in [0.2, 0.25) is 0 Å². The number of hydrogen-bond acceptors (Lipinski definition) is 4. The zero-order valence-corrected chi connectivity index (χ0v) is 10.9. The SMILES string of the molecule is O=C(O)c1cc(C(F)(F)F)ccc1NCC1COCCO1. The third-order valence-electron chi connectivity index (χ3n) is 2.98. The molecule has 1 atom stereocenters. The van der Waals surface area contributed by atoms with E-state index in [1.165, 1.54) is 0 Å². The molecular weight excluding hydrogens is 291 g/mol. The minimum absolute atomic E-state index is 0.115. The molecule has 0 saturated carbocycles. The molecule has 2 rings (SSSR count). The smallest absolute Gasteiger partial charge is 0.416 e. The Kier molecular flexibility index (Phi) is 4.69. The van der Waals surface area contributed by atoms with E-state index in [4.69, 9.17) is 14.6 Å². The Morgan fingerprint density at radius 2 is 2.14 bits per heavy atom. The van der Waals surface area contributed by atoms with Gasteiger partial charge in [0.2, 0.25) is 0 Å². The normalized spacial score (nSPS) is 19.3. The summed E-state index contributed by atoms with van der Waals surface area (Å²) < 4.78 is 48.3. The lowest BCUT2D eigenvalue weighted by atomic mass is 10.1. The largest absolute Gasteiger partial charge is 0.478 e. The Balaban J connectivity index is 2.12. The molecule has 1 aliphatic rings. The molecule has 1 unspecified atom stereocenters. The molecule has 1 aromatic carbocycles. The third kappa shape index (κ3) is 4.08. The second kappa shape index (κ2) is 6.31. The van der Waals surface area contributed by atoms with Crippen LogP contribution in [0.3, 0.4) is 0 Å². The van der Waals surface area contributed by atoms with E-state index in [2.05, 4.69) is 5.32 Å². The predicted octanol–water partition coefficient (Wildman–Crippen LogP) is 2.23. The number of alkyl halides is 3. The first kappa shape index (κ1) is 15.6. The van der Waals surface area contributed by atoms with Crippen molar-refractivity contribution in [2.24, 2.45) is 0 Å². The van der Waals surface area contributed by atoms with Gasteiger partial charge in [-0.3, -0.25) is 0 Å². The highest BCUT2D eigenvalue weighted by molar-refractivity contribution is 5.94. The van der Waals surface area contributed by atoms with Gasteiger partial charge in [0.15, 0.2) is 0 Å². The fourth-order valence-corrected chi connectivity index (χ4v) is 1.93. The molecule has 0 aromatic heterocycles. The van der Waals surface area contributed by atoms with Gasteiger partial charge < -0.3 is 19.9 Å². The van der Waals surface area contributed by atoms with Crippen molar-refractivity contribution in [1.82, 2.24) is 0 Å². The van der Waals surface area contributed by atoms with E-state index in [0.29, 0.717) is 25.9 Å². The van der Waals surface area contributed by atoms with Crippen molar-refractivity contribution < 1.29 is 32.5 Å². The lowest BCUT2D eigenvalue weighted by Crippen LogP contribution is -2.34. The summed E-state index contributed by atoms with van der Waals surface area (Å²) in [6.45, 7) is 1.55. The number of ether oxygens (including phenoxy) is 2. The van der Waals surface area contributed by atoms with E-state index in [-0.39, 0.29) is 18.3 Å². The van der Waals surface area contributed by atoms with Crippen molar-refractivity contribution in [2.45, 2.75) is 12.3 Å². The van der Waals surface area contributed by atoms with Crippen LogP contribution in [0.1, 0.15) is 15.9 Å². The van der Waals surface area contributed by atoms with Gasteiger partial charge in [-0.25, -0.2) is 4.79 Å². The maximum atomic E-state index is 12.6. The Morgan fingerprint density at radius 1 is 1.38 bits per heavy atom. The number of carboxylic acid groups (broad SMARTS) is 1. The van der Waals surface area contributed by atoms with Gasteiger partial charge in [-0.1, -0.05) is 0 Å². The lowest BCUT2D eigenvalue weighted by molar-refractivity contribution is -0.137. The van der Waals surface area contributed by atoms with Gasteiger partial charge >= 0.3 is 12.1 Å². The fourth-order valence-electron chi connectivity index (χ4n) is 1.93. The lowest BCUT2D eigenvalue weighted by Gasteiger charge is -2.24. The molecule has 8 heteroatoms. The van der Waals surface area contributed by atoms with Crippen molar-refractivity contribution in [3.8, 4) is 0 Å². The Hall–Kier alpha value is -1.80. The highest BCUT2D eigenvalue weighted by Crippen LogP contribution is 2.31. The molecule has 0 bridgehead atoms. The van der Waals surface area contributed by atoms with Crippen LogP contribution >= 0.6 is 0 Å². The number of nitrogens with one attached hydrogen (secondary N) is 1. The van der Waals surface area contributed by atoms with E-state index >= 15 is 0 Å². The van der Waals surface area contributed by atoms with Crippen LogP contribution in [0.15, 0.2) is 18.2 Å². The van der Waals surface area contributed by atoms with Crippen LogP contribution in [0.4, 0.5) is 18.9 Å². The molecule has 5 nitrogen and oxygen atoms in total. The first-order valence-electron chi connectivity index (χ1n) is 6.25. The summed E-state index contributed by atoms with van der Waals surface area (Å²) in [7, 11) is 0. The highest BCUT2D eigenvalue weighted by atomic mass is 19.4. The molecular formula is C13H14F3NO4. The number of aromatic carboxylic acids is 1. The van der Waals surface area contributed by atoms with Crippen molar-refractivity contribution >= 4 is 11.7 Å². The summed E-state index contributed by atoms with van der Waals surface area (Å²) in [5.41, 5.74) is -1.31. The molecule has 1 aromatic rings. The zero-order valence-electron chi connectivity index (χ0n) is 10.9. The van der Waals surface area contributed by atoms with Crippen LogP contribution in [0, 0.1) is 0 Å². The Labute approximate surface area is 118 Å². The number of carboxylic acids is 1. The molecule has 2 N–H and O–H groups in total. The second-order valence-corrected chi connectivity index (χ2v) is 4.51. The summed E-state index contributed by atoms with van der Waals surface area (Å²) in [5.74, 6) is -1.43. The first-order valence-corrected chi connectivity index (χ1v) is 6.25. The monoisotopic (exact) mass is 305 g/mol. The minimum atomic E-state index is -4.58. The predicted molar refractivity (Wildman–Crippen MR) is 67.5 cm³/mol. The van der Waals surface area contributed by atoms with Crippen molar-refractivity contribution in [3.05, 3.63) is 29.3 Å². The van der Waals surface area contributed by atoms with Crippen molar-refractivity contribution in [3.63, 3.8) is 0 Å². The molecule has 0 spiro atoms. The van der Waals surface area contributed by atoms with E-state index in [9.17, 15) is 18.0 Å². The van der Waals surface area contributed by atoms with Gasteiger partial charge in [0.05, 0.1) is 37.1 Å². The fraction of sp³-hybridized carbons (Fsp3) is 0.462. The first-order chi connectivity index (χ1) is 9.88. The molecule has 1 fully saturated rings. The number of hydrogen-bond donors (Lipinski definition) is 2. The highest BCUT2D eigenvalue weighted by Gasteiger charge is 2.31. The quantitative estimate of drug-likeness (QED) is 0.893. The zero-order chi connectivity index (χ0) is 15.5. The number of halogens is 3. The number of benzene rings is 1. The molecule has 1 saturated heterocycles. The molecule has 1 heterocycles. The standard InChI is InChI=1S/C13H14F3NO4/c14-13(15,16)8-1-2-11(10(5-8)12(18)19)17-6-9-7-20-3-4-21-9/h1-2,5,9,17H,3-4,6-7H2,(H,18,19). The van der Waals surface area contributed by atoms with Gasteiger partial charge in [0.25, 0.3) is 0 Å².